The van der Waals surface area contributed by atoms with Gasteiger partial charge in [-0.1, -0.05) is 17.7 Å². The van der Waals surface area contributed by atoms with Crippen LogP contribution >= 0.6 is 11.6 Å². The Balaban J connectivity index is 2.13. The molecule has 0 aromatic heterocycles. The lowest BCUT2D eigenvalue weighted by atomic mass is 9.84. The molecule has 0 fully saturated rings. The second-order valence-electron chi connectivity index (χ2n) is 5.49. The monoisotopic (exact) mass is 347 g/mol. The molecule has 126 valence electrons. The molecule has 2 aromatic carbocycles. The number of hydrogen-bond donors (Lipinski definition) is 1. The van der Waals surface area contributed by atoms with Gasteiger partial charge in [-0.25, -0.2) is 0 Å². The topological polar surface area (TPSA) is 56.8 Å². The molecule has 3 rings (SSSR count). The van der Waals surface area contributed by atoms with E-state index in [1.165, 1.54) is 0 Å². The van der Waals surface area contributed by atoms with Crippen molar-refractivity contribution in [2.45, 2.75) is 12.3 Å². The lowest BCUT2D eigenvalue weighted by Crippen LogP contribution is -2.23. The fourth-order valence-corrected chi connectivity index (χ4v) is 3.29. The summed E-state index contributed by atoms with van der Waals surface area (Å²) in [6.45, 7) is 0. The molecule has 6 heteroatoms. The Labute approximate surface area is 145 Å². The highest BCUT2D eigenvalue weighted by atomic mass is 35.5. The van der Waals surface area contributed by atoms with Gasteiger partial charge < -0.3 is 19.5 Å². The minimum atomic E-state index is -0.160. The number of carbonyl (C=O) groups excluding carboxylic acids is 1. The van der Waals surface area contributed by atoms with Crippen LogP contribution in [-0.4, -0.2) is 27.2 Å². The molecule has 1 heterocycles. The molecule has 2 aromatic rings. The molecule has 0 saturated carbocycles. The molecule has 1 aliphatic rings. The molecular weight excluding hydrogens is 330 g/mol. The zero-order chi connectivity index (χ0) is 17.3. The number of ether oxygens (including phenoxy) is 3. The second kappa shape index (κ2) is 6.61. The molecule has 1 N–H and O–H groups in total. The summed E-state index contributed by atoms with van der Waals surface area (Å²) >= 11 is 6.42. The van der Waals surface area contributed by atoms with E-state index in [2.05, 4.69) is 5.32 Å². The number of methoxy groups -OCH3 is 3. The largest absolute Gasteiger partial charge is 0.497 e. The van der Waals surface area contributed by atoms with Crippen LogP contribution in [0.15, 0.2) is 30.3 Å². The summed E-state index contributed by atoms with van der Waals surface area (Å²) in [4.78, 5) is 12.1. The Morgan fingerprint density at radius 1 is 1.00 bits per heavy atom. The number of benzene rings is 2. The Hall–Kier alpha value is -2.40. The third-order valence-corrected chi connectivity index (χ3v) is 4.51. The molecule has 0 bridgehead atoms. The molecule has 5 nitrogen and oxygen atoms in total. The van der Waals surface area contributed by atoms with E-state index in [0.29, 0.717) is 34.4 Å². The summed E-state index contributed by atoms with van der Waals surface area (Å²) in [7, 11) is 4.74. The first kappa shape index (κ1) is 16.5. The molecule has 0 radical (unpaired) electrons. The average Bonchev–Trinajstić information content (AvgIpc) is 2.59. The van der Waals surface area contributed by atoms with Crippen LogP contribution in [0.4, 0.5) is 5.69 Å². The lowest BCUT2D eigenvalue weighted by molar-refractivity contribution is -0.116. The maximum atomic E-state index is 12.1. The number of rotatable bonds is 4. The minimum absolute atomic E-state index is 0.0633. The average molecular weight is 348 g/mol. The first-order chi connectivity index (χ1) is 11.6. The van der Waals surface area contributed by atoms with Gasteiger partial charge in [0.25, 0.3) is 0 Å². The van der Waals surface area contributed by atoms with Gasteiger partial charge in [0.05, 0.1) is 21.3 Å². The Morgan fingerprint density at radius 3 is 2.33 bits per heavy atom. The number of anilines is 1. The molecule has 0 aliphatic carbocycles. The van der Waals surface area contributed by atoms with E-state index in [9.17, 15) is 4.79 Å². The van der Waals surface area contributed by atoms with Crippen molar-refractivity contribution in [1.29, 1.82) is 0 Å². The Bertz CT molecular complexity index is 791. The van der Waals surface area contributed by atoms with Crippen LogP contribution in [0.25, 0.3) is 0 Å². The quantitative estimate of drug-likeness (QED) is 0.913. The van der Waals surface area contributed by atoms with Crippen molar-refractivity contribution in [3.8, 4) is 17.2 Å². The summed E-state index contributed by atoms with van der Waals surface area (Å²) in [5, 5.41) is 3.45. The van der Waals surface area contributed by atoms with Crippen LogP contribution in [0.2, 0.25) is 5.02 Å². The van der Waals surface area contributed by atoms with E-state index in [1.54, 1.807) is 33.5 Å². The molecule has 0 saturated heterocycles. The summed E-state index contributed by atoms with van der Waals surface area (Å²) in [6.07, 6.45) is 0.314. The number of hydrogen-bond acceptors (Lipinski definition) is 4. The number of halogens is 1. The molecular formula is C18H18ClNO4. The van der Waals surface area contributed by atoms with Crippen LogP contribution in [0, 0.1) is 0 Å². The van der Waals surface area contributed by atoms with E-state index >= 15 is 0 Å². The van der Waals surface area contributed by atoms with Gasteiger partial charge in [0, 0.05) is 29.1 Å². The van der Waals surface area contributed by atoms with Crippen molar-refractivity contribution < 1.29 is 19.0 Å². The first-order valence-electron chi connectivity index (χ1n) is 7.46. The standard InChI is InChI=1S/C18H18ClNO4/c1-22-10-4-5-11(14(19)6-10)12-8-18(21)20-15-9-17(24-3)16(23-2)7-13(12)15/h4-7,9,12H,8H2,1-3H3,(H,20,21). The zero-order valence-corrected chi connectivity index (χ0v) is 14.4. The lowest BCUT2D eigenvalue weighted by Gasteiger charge is -2.28. The third-order valence-electron chi connectivity index (χ3n) is 4.18. The van der Waals surface area contributed by atoms with Gasteiger partial charge in [-0.15, -0.1) is 0 Å². The molecule has 1 aliphatic heterocycles. The highest BCUT2D eigenvalue weighted by Gasteiger charge is 2.29. The third kappa shape index (κ3) is 2.87. The normalized spacial score (nSPS) is 16.2. The van der Waals surface area contributed by atoms with Crippen molar-refractivity contribution in [2.75, 3.05) is 26.6 Å². The smallest absolute Gasteiger partial charge is 0.225 e. The minimum Gasteiger partial charge on any atom is -0.497 e. The predicted molar refractivity (Wildman–Crippen MR) is 92.6 cm³/mol. The highest BCUT2D eigenvalue weighted by Crippen LogP contribution is 2.44. The molecule has 1 atom stereocenters. The number of fused-ring (bicyclic) bond motifs is 1. The van der Waals surface area contributed by atoms with Crippen molar-refractivity contribution >= 4 is 23.2 Å². The Kier molecular flexibility index (Phi) is 4.53. The van der Waals surface area contributed by atoms with Gasteiger partial charge in [-0.2, -0.15) is 0 Å². The Morgan fingerprint density at radius 2 is 1.71 bits per heavy atom. The molecule has 0 spiro atoms. The zero-order valence-electron chi connectivity index (χ0n) is 13.7. The van der Waals surface area contributed by atoms with E-state index in [1.807, 2.05) is 18.2 Å². The number of carbonyl (C=O) groups is 1. The molecule has 1 unspecified atom stereocenters. The van der Waals surface area contributed by atoms with Gasteiger partial charge in [0.2, 0.25) is 5.91 Å². The van der Waals surface area contributed by atoms with Crippen molar-refractivity contribution in [3.63, 3.8) is 0 Å². The fourth-order valence-electron chi connectivity index (χ4n) is 2.98. The van der Waals surface area contributed by atoms with E-state index in [0.717, 1.165) is 11.1 Å². The van der Waals surface area contributed by atoms with Crippen molar-refractivity contribution in [3.05, 3.63) is 46.5 Å². The van der Waals surface area contributed by atoms with Gasteiger partial charge in [-0.05, 0) is 29.3 Å². The molecule has 24 heavy (non-hydrogen) atoms. The second-order valence-corrected chi connectivity index (χ2v) is 5.89. The summed E-state index contributed by atoms with van der Waals surface area (Å²) in [5.41, 5.74) is 2.53. The van der Waals surface area contributed by atoms with Crippen LogP contribution in [-0.2, 0) is 4.79 Å². The van der Waals surface area contributed by atoms with Gasteiger partial charge in [0.1, 0.15) is 5.75 Å². The summed E-state index contributed by atoms with van der Waals surface area (Å²) in [6, 6.07) is 9.15. The van der Waals surface area contributed by atoms with Crippen molar-refractivity contribution in [1.82, 2.24) is 0 Å². The van der Waals surface area contributed by atoms with Crippen LogP contribution in [0.3, 0.4) is 0 Å². The van der Waals surface area contributed by atoms with E-state index < -0.39 is 0 Å². The van der Waals surface area contributed by atoms with Crippen LogP contribution in [0.1, 0.15) is 23.5 Å². The van der Waals surface area contributed by atoms with Crippen LogP contribution < -0.4 is 19.5 Å². The van der Waals surface area contributed by atoms with Gasteiger partial charge in [-0.3, -0.25) is 4.79 Å². The van der Waals surface area contributed by atoms with E-state index in [4.69, 9.17) is 25.8 Å². The predicted octanol–water partition coefficient (Wildman–Crippen LogP) is 3.84. The van der Waals surface area contributed by atoms with Crippen LogP contribution in [0.5, 0.6) is 17.2 Å². The fraction of sp³-hybridized carbons (Fsp3) is 0.278. The number of amides is 1. The summed E-state index contributed by atoms with van der Waals surface area (Å²) in [5.74, 6) is 1.63. The molecule has 1 amide bonds. The van der Waals surface area contributed by atoms with Gasteiger partial charge >= 0.3 is 0 Å². The summed E-state index contributed by atoms with van der Waals surface area (Å²) < 4.78 is 15.9. The van der Waals surface area contributed by atoms with E-state index in [-0.39, 0.29) is 11.8 Å². The maximum absolute atomic E-state index is 12.1. The van der Waals surface area contributed by atoms with Crippen molar-refractivity contribution in [2.24, 2.45) is 0 Å². The number of nitrogens with one attached hydrogen (secondary N) is 1. The first-order valence-corrected chi connectivity index (χ1v) is 7.84. The SMILES string of the molecule is COc1ccc(C2CC(=O)Nc3cc(OC)c(OC)cc32)c(Cl)c1. The highest BCUT2D eigenvalue weighted by molar-refractivity contribution is 6.31. The maximum Gasteiger partial charge on any atom is 0.225 e. The van der Waals surface area contributed by atoms with Gasteiger partial charge in [0.15, 0.2) is 11.5 Å².